The predicted molar refractivity (Wildman–Crippen MR) is 81.2 cm³/mol. The van der Waals surface area contributed by atoms with Crippen LogP contribution in [0.25, 0.3) is 0 Å². The van der Waals surface area contributed by atoms with E-state index in [-0.39, 0.29) is 28.9 Å². The summed E-state index contributed by atoms with van der Waals surface area (Å²) in [6.07, 6.45) is 0. The van der Waals surface area contributed by atoms with Gasteiger partial charge in [0.05, 0.1) is 24.8 Å². The van der Waals surface area contributed by atoms with Crippen LogP contribution in [0.3, 0.4) is 0 Å². The first kappa shape index (κ1) is 18.0. The number of rotatable bonds is 5. The Balaban J connectivity index is 2.34. The molecule has 9 heteroatoms. The van der Waals surface area contributed by atoms with Gasteiger partial charge in [-0.05, 0) is 30.2 Å². The Bertz CT molecular complexity index is 820. The van der Waals surface area contributed by atoms with Gasteiger partial charge >= 0.3 is 0 Å². The standard InChI is InChI=1S/C16H14N4O5/c1-9-12(8-17)14(22)20(6-7-21)15(23)13(9)19-18-11-4-2-10(3-5-11)16(24)25/h2-5,13,21H,6-7H2,1H3,(H,24,25)/p-1. The van der Waals surface area contributed by atoms with E-state index in [4.69, 9.17) is 10.4 Å². The summed E-state index contributed by atoms with van der Waals surface area (Å²) in [5.41, 5.74) is 0.205. The maximum Gasteiger partial charge on any atom is 0.271 e. The van der Waals surface area contributed by atoms with E-state index < -0.39 is 30.4 Å². The van der Waals surface area contributed by atoms with E-state index >= 15 is 0 Å². The van der Waals surface area contributed by atoms with Crippen molar-refractivity contribution in [3.63, 3.8) is 0 Å². The molecule has 1 aliphatic rings. The van der Waals surface area contributed by atoms with E-state index in [0.29, 0.717) is 0 Å². The summed E-state index contributed by atoms with van der Waals surface area (Å²) in [6.45, 7) is 0.750. The number of aliphatic hydroxyl groups is 1. The van der Waals surface area contributed by atoms with Crippen LogP contribution in [-0.2, 0) is 9.59 Å². The molecule has 1 aromatic carbocycles. The van der Waals surface area contributed by atoms with E-state index in [1.165, 1.54) is 31.2 Å². The fourth-order valence-electron chi connectivity index (χ4n) is 2.25. The zero-order chi connectivity index (χ0) is 18.6. The lowest BCUT2D eigenvalue weighted by Gasteiger charge is -2.28. The molecular formula is C16H13N4O5-. The molecule has 0 spiro atoms. The van der Waals surface area contributed by atoms with E-state index in [1.54, 1.807) is 6.07 Å². The Morgan fingerprint density at radius 3 is 2.52 bits per heavy atom. The van der Waals surface area contributed by atoms with Gasteiger partial charge in [0.1, 0.15) is 11.6 Å². The Hall–Kier alpha value is -3.38. The number of amides is 2. The van der Waals surface area contributed by atoms with Crippen molar-refractivity contribution < 1.29 is 24.6 Å². The van der Waals surface area contributed by atoms with Crippen molar-refractivity contribution in [3.8, 4) is 6.07 Å². The molecule has 1 N–H and O–H groups in total. The molecule has 0 saturated heterocycles. The Morgan fingerprint density at radius 1 is 1.36 bits per heavy atom. The number of azo groups is 1. The van der Waals surface area contributed by atoms with Crippen LogP contribution in [0.5, 0.6) is 0 Å². The summed E-state index contributed by atoms with van der Waals surface area (Å²) in [7, 11) is 0. The first-order valence-electron chi connectivity index (χ1n) is 7.20. The largest absolute Gasteiger partial charge is 0.545 e. The van der Waals surface area contributed by atoms with Crippen molar-refractivity contribution >= 4 is 23.5 Å². The van der Waals surface area contributed by atoms with Crippen LogP contribution < -0.4 is 5.11 Å². The molecule has 0 bridgehead atoms. The summed E-state index contributed by atoms with van der Waals surface area (Å²) in [5, 5.41) is 36.6. The van der Waals surface area contributed by atoms with Gasteiger partial charge in [-0.15, -0.1) is 0 Å². The summed E-state index contributed by atoms with van der Waals surface area (Å²) < 4.78 is 0. The minimum Gasteiger partial charge on any atom is -0.545 e. The minimum atomic E-state index is -1.33. The van der Waals surface area contributed by atoms with Crippen LogP contribution in [0.2, 0.25) is 0 Å². The number of benzene rings is 1. The number of nitriles is 1. The summed E-state index contributed by atoms with van der Waals surface area (Å²) in [6, 6.07) is 5.88. The topological polar surface area (TPSA) is 146 Å². The smallest absolute Gasteiger partial charge is 0.271 e. The second-order valence-corrected chi connectivity index (χ2v) is 5.14. The number of carbonyl (C=O) groups excluding carboxylic acids is 3. The number of aliphatic hydroxyl groups excluding tert-OH is 1. The number of nitrogens with zero attached hydrogens (tertiary/aromatic N) is 4. The first-order chi connectivity index (χ1) is 11.9. The Morgan fingerprint density at radius 2 is 2.00 bits per heavy atom. The van der Waals surface area contributed by atoms with Gasteiger partial charge in [-0.2, -0.15) is 15.5 Å². The number of imide groups is 1. The van der Waals surface area contributed by atoms with Crippen molar-refractivity contribution in [2.24, 2.45) is 10.2 Å². The van der Waals surface area contributed by atoms with Gasteiger partial charge in [-0.25, -0.2) is 0 Å². The van der Waals surface area contributed by atoms with Gasteiger partial charge in [0.15, 0.2) is 6.04 Å². The van der Waals surface area contributed by atoms with Crippen molar-refractivity contribution in [1.29, 1.82) is 5.26 Å². The predicted octanol–water partition coefficient (Wildman–Crippen LogP) is -0.296. The molecule has 1 atom stereocenters. The molecule has 0 aromatic heterocycles. The van der Waals surface area contributed by atoms with E-state index in [9.17, 15) is 19.5 Å². The van der Waals surface area contributed by atoms with E-state index in [1.807, 2.05) is 0 Å². The average Bonchev–Trinajstić information content (AvgIpc) is 2.59. The van der Waals surface area contributed by atoms with Crippen LogP contribution in [-0.4, -0.2) is 47.0 Å². The second-order valence-electron chi connectivity index (χ2n) is 5.14. The molecule has 2 rings (SSSR count). The fraction of sp³-hybridized carbons (Fsp3) is 0.250. The second kappa shape index (κ2) is 7.46. The number of aromatic carboxylic acids is 1. The van der Waals surface area contributed by atoms with E-state index in [0.717, 1.165) is 4.90 Å². The van der Waals surface area contributed by atoms with Gasteiger partial charge in [0, 0.05) is 0 Å². The number of carbonyl (C=O) groups is 3. The van der Waals surface area contributed by atoms with Crippen molar-refractivity contribution in [2.45, 2.75) is 13.0 Å². The minimum absolute atomic E-state index is 0.0322. The fourth-order valence-corrected chi connectivity index (χ4v) is 2.25. The summed E-state index contributed by atoms with van der Waals surface area (Å²) >= 11 is 0. The Kier molecular flexibility index (Phi) is 5.36. The quantitative estimate of drug-likeness (QED) is 0.575. The molecule has 1 aromatic rings. The van der Waals surface area contributed by atoms with Gasteiger partial charge in [0.25, 0.3) is 11.8 Å². The molecule has 0 aliphatic carbocycles. The normalized spacial score (nSPS) is 18.0. The molecular weight excluding hydrogens is 328 g/mol. The zero-order valence-corrected chi connectivity index (χ0v) is 13.2. The number of β-amino-alcohol motifs (C(OH)–C–C–N with tert-alkyl or cyclic N) is 1. The van der Waals surface area contributed by atoms with Crippen LogP contribution in [0.4, 0.5) is 5.69 Å². The molecule has 1 heterocycles. The van der Waals surface area contributed by atoms with Crippen LogP contribution in [0.15, 0.2) is 45.6 Å². The average molecular weight is 341 g/mol. The molecule has 9 nitrogen and oxygen atoms in total. The van der Waals surface area contributed by atoms with Gasteiger partial charge < -0.3 is 15.0 Å². The highest BCUT2D eigenvalue weighted by Crippen LogP contribution is 2.24. The number of carboxylic acid groups (broad SMARTS) is 1. The third kappa shape index (κ3) is 3.59. The molecule has 1 unspecified atom stereocenters. The molecule has 0 radical (unpaired) electrons. The van der Waals surface area contributed by atoms with Crippen LogP contribution in [0.1, 0.15) is 17.3 Å². The molecule has 1 aliphatic heterocycles. The van der Waals surface area contributed by atoms with Gasteiger partial charge in [-0.1, -0.05) is 12.1 Å². The first-order valence-corrected chi connectivity index (χ1v) is 7.20. The highest BCUT2D eigenvalue weighted by Gasteiger charge is 2.39. The number of carboxylic acids is 1. The lowest BCUT2D eigenvalue weighted by molar-refractivity contribution is -0.255. The maximum atomic E-state index is 12.4. The molecule has 0 fully saturated rings. The Labute approximate surface area is 142 Å². The van der Waals surface area contributed by atoms with Crippen molar-refractivity contribution in [3.05, 3.63) is 41.0 Å². The summed E-state index contributed by atoms with van der Waals surface area (Å²) in [4.78, 5) is 35.9. The highest BCUT2D eigenvalue weighted by molar-refractivity contribution is 6.12. The lowest BCUT2D eigenvalue weighted by Crippen LogP contribution is -2.49. The highest BCUT2D eigenvalue weighted by atomic mass is 16.4. The molecule has 128 valence electrons. The van der Waals surface area contributed by atoms with E-state index in [2.05, 4.69) is 10.2 Å². The maximum absolute atomic E-state index is 12.4. The third-order valence-corrected chi connectivity index (χ3v) is 3.59. The molecule has 25 heavy (non-hydrogen) atoms. The van der Waals surface area contributed by atoms with Crippen LogP contribution in [0, 0.1) is 11.3 Å². The third-order valence-electron chi connectivity index (χ3n) is 3.59. The number of hydrogen-bond donors (Lipinski definition) is 1. The SMILES string of the molecule is CC1=C(C#N)C(=O)N(CCO)C(=O)C1N=Nc1ccc(C(=O)[O-])cc1. The lowest BCUT2D eigenvalue weighted by atomic mass is 9.97. The molecule has 2 amide bonds. The van der Waals surface area contributed by atoms with Crippen molar-refractivity contribution in [1.82, 2.24) is 4.90 Å². The number of hydrogen-bond acceptors (Lipinski definition) is 8. The van der Waals surface area contributed by atoms with Crippen LogP contribution >= 0.6 is 0 Å². The van der Waals surface area contributed by atoms with Gasteiger partial charge in [-0.3, -0.25) is 14.5 Å². The van der Waals surface area contributed by atoms with Crippen molar-refractivity contribution in [2.75, 3.05) is 13.2 Å². The monoisotopic (exact) mass is 341 g/mol. The zero-order valence-electron chi connectivity index (χ0n) is 13.2. The molecule has 0 saturated carbocycles. The van der Waals surface area contributed by atoms with Gasteiger partial charge in [0.2, 0.25) is 0 Å². The summed E-state index contributed by atoms with van der Waals surface area (Å²) in [5.74, 6) is -2.80.